The number of methoxy groups -OCH3 is 3. The van der Waals surface area contributed by atoms with Crippen molar-refractivity contribution in [2.45, 2.75) is 0 Å². The molecular formula is C42H48N6O6. The standard InChI is InChI=1S/C42H48N6O6/c1-49-34-10-4-31(5-11-34)37(28-46-16-22-52-23-17-46)40-43-41(38(29-47-18-24-53-25-19-47)32-6-12-35(50-2)13-7-32)45-42(44-40)39(30-48-20-26-54-27-21-48)33-8-14-36(51-3)15-9-33/h4-15,28-30H,16-27H2,1-3H3/b37-28+,38-29+,39-30+. The second-order valence-electron chi connectivity index (χ2n) is 13.1. The fourth-order valence-corrected chi connectivity index (χ4v) is 6.50. The number of morpholine rings is 3. The van der Waals surface area contributed by atoms with Crippen molar-refractivity contribution in [2.75, 3.05) is 100 Å². The van der Waals surface area contributed by atoms with Crippen LogP contribution in [0, 0.1) is 0 Å². The zero-order valence-electron chi connectivity index (χ0n) is 31.3. The van der Waals surface area contributed by atoms with Gasteiger partial charge in [-0.15, -0.1) is 0 Å². The Morgan fingerprint density at radius 2 is 0.667 bits per heavy atom. The highest BCUT2D eigenvalue weighted by Crippen LogP contribution is 2.32. The van der Waals surface area contributed by atoms with Gasteiger partial charge < -0.3 is 43.1 Å². The van der Waals surface area contributed by atoms with Crippen LogP contribution < -0.4 is 14.2 Å². The first-order valence-electron chi connectivity index (χ1n) is 18.4. The van der Waals surface area contributed by atoms with Gasteiger partial charge in [-0.25, -0.2) is 15.0 Å². The largest absolute Gasteiger partial charge is 0.497 e. The number of hydrogen-bond donors (Lipinski definition) is 0. The van der Waals surface area contributed by atoms with Gasteiger partial charge in [0.2, 0.25) is 0 Å². The zero-order chi connectivity index (χ0) is 37.1. The molecule has 3 aliphatic heterocycles. The Labute approximate surface area is 317 Å². The highest BCUT2D eigenvalue weighted by molar-refractivity contribution is 5.83. The molecule has 12 nitrogen and oxygen atoms in total. The van der Waals surface area contributed by atoms with Gasteiger partial charge in [0.15, 0.2) is 17.5 Å². The lowest BCUT2D eigenvalue weighted by Gasteiger charge is -2.27. The van der Waals surface area contributed by atoms with Crippen LogP contribution in [0.2, 0.25) is 0 Å². The second-order valence-corrected chi connectivity index (χ2v) is 13.1. The first-order chi connectivity index (χ1) is 26.6. The molecule has 3 fully saturated rings. The molecule has 12 heteroatoms. The molecule has 4 heterocycles. The van der Waals surface area contributed by atoms with Crippen molar-refractivity contribution in [1.82, 2.24) is 29.7 Å². The molecule has 4 aromatic rings. The molecular weight excluding hydrogens is 684 g/mol. The Hall–Kier alpha value is -5.43. The molecule has 0 atom stereocenters. The van der Waals surface area contributed by atoms with Crippen molar-refractivity contribution in [3.63, 3.8) is 0 Å². The fourth-order valence-electron chi connectivity index (χ4n) is 6.50. The highest BCUT2D eigenvalue weighted by Gasteiger charge is 2.23. The van der Waals surface area contributed by atoms with Gasteiger partial charge in [-0.3, -0.25) is 0 Å². The van der Waals surface area contributed by atoms with E-state index in [1.54, 1.807) is 21.3 Å². The van der Waals surface area contributed by atoms with Gasteiger partial charge in [-0.1, -0.05) is 36.4 Å². The topological polar surface area (TPSA) is 104 Å². The van der Waals surface area contributed by atoms with E-state index in [0.717, 1.165) is 89.9 Å². The van der Waals surface area contributed by atoms with E-state index >= 15 is 0 Å². The van der Waals surface area contributed by atoms with Crippen molar-refractivity contribution >= 4 is 16.7 Å². The van der Waals surface area contributed by atoms with Crippen LogP contribution in [-0.2, 0) is 14.2 Å². The van der Waals surface area contributed by atoms with Crippen molar-refractivity contribution in [3.05, 3.63) is 126 Å². The third-order valence-corrected chi connectivity index (χ3v) is 9.63. The first kappa shape index (κ1) is 36.9. The average molecular weight is 733 g/mol. The summed E-state index contributed by atoms with van der Waals surface area (Å²) in [5, 5.41) is 0. The van der Waals surface area contributed by atoms with Crippen LogP contribution in [-0.4, -0.2) is 130 Å². The first-order valence-corrected chi connectivity index (χ1v) is 18.4. The Morgan fingerprint density at radius 1 is 0.426 bits per heavy atom. The van der Waals surface area contributed by atoms with Crippen molar-refractivity contribution in [2.24, 2.45) is 0 Å². The van der Waals surface area contributed by atoms with Crippen molar-refractivity contribution in [1.29, 1.82) is 0 Å². The van der Waals surface area contributed by atoms with Crippen LogP contribution in [0.3, 0.4) is 0 Å². The molecule has 0 radical (unpaired) electrons. The van der Waals surface area contributed by atoms with E-state index < -0.39 is 0 Å². The van der Waals surface area contributed by atoms with E-state index in [9.17, 15) is 0 Å². The zero-order valence-corrected chi connectivity index (χ0v) is 31.3. The maximum Gasteiger partial charge on any atom is 0.166 e. The van der Waals surface area contributed by atoms with Gasteiger partial charge in [0.25, 0.3) is 0 Å². The van der Waals surface area contributed by atoms with Crippen molar-refractivity contribution in [3.8, 4) is 17.2 Å². The number of ether oxygens (including phenoxy) is 6. The minimum atomic E-state index is 0.550. The van der Waals surface area contributed by atoms with Gasteiger partial charge in [0, 0.05) is 74.6 Å². The quantitative estimate of drug-likeness (QED) is 0.195. The minimum absolute atomic E-state index is 0.550. The molecule has 1 aromatic heterocycles. The van der Waals surface area contributed by atoms with E-state index in [1.165, 1.54) is 0 Å². The summed E-state index contributed by atoms with van der Waals surface area (Å²) >= 11 is 0. The highest BCUT2D eigenvalue weighted by atomic mass is 16.5. The summed E-state index contributed by atoms with van der Waals surface area (Å²) in [7, 11) is 5.02. The predicted octanol–water partition coefficient (Wildman–Crippen LogP) is 5.06. The summed E-state index contributed by atoms with van der Waals surface area (Å²) in [6, 6.07) is 24.1. The minimum Gasteiger partial charge on any atom is -0.497 e. The lowest BCUT2D eigenvalue weighted by molar-refractivity contribution is 0.0596. The number of hydrogen-bond acceptors (Lipinski definition) is 12. The molecule has 0 amide bonds. The molecule has 0 N–H and O–H groups in total. The van der Waals surface area contributed by atoms with E-state index in [-0.39, 0.29) is 0 Å². The molecule has 3 saturated heterocycles. The van der Waals surface area contributed by atoms with Crippen LogP contribution in [0.1, 0.15) is 34.2 Å². The van der Waals surface area contributed by atoms with Gasteiger partial charge >= 0.3 is 0 Å². The SMILES string of the molecule is COc1ccc(/C(=C\N2CCOCC2)c2nc(/C(=C/N3CCOCC3)c3ccc(OC)cc3)nc(/C(=C/N3CCOCC3)c3ccc(OC)cc3)n2)cc1. The summed E-state index contributed by atoms with van der Waals surface area (Å²) in [6.07, 6.45) is 6.47. The van der Waals surface area contributed by atoms with E-state index in [1.807, 2.05) is 36.4 Å². The molecule has 54 heavy (non-hydrogen) atoms. The molecule has 3 aliphatic rings. The van der Waals surface area contributed by atoms with Crippen LogP contribution in [0.4, 0.5) is 0 Å². The molecule has 0 saturated carbocycles. The van der Waals surface area contributed by atoms with Gasteiger partial charge in [-0.05, 0) is 53.1 Å². The maximum absolute atomic E-state index is 5.71. The molecule has 3 aromatic carbocycles. The Bertz CT molecular complexity index is 1680. The van der Waals surface area contributed by atoms with Crippen LogP contribution in [0.25, 0.3) is 16.7 Å². The normalized spacial score (nSPS) is 17.4. The van der Waals surface area contributed by atoms with Crippen LogP contribution in [0.15, 0.2) is 91.4 Å². The molecule has 0 spiro atoms. The molecule has 7 rings (SSSR count). The molecule has 0 aliphatic carbocycles. The van der Waals surface area contributed by atoms with E-state index in [4.69, 9.17) is 43.4 Å². The Morgan fingerprint density at radius 3 is 0.889 bits per heavy atom. The van der Waals surface area contributed by atoms with Gasteiger partial charge in [0.05, 0.1) is 61.0 Å². The molecule has 282 valence electrons. The second kappa shape index (κ2) is 18.1. The summed E-state index contributed by atoms with van der Waals surface area (Å²) in [5.74, 6) is 3.96. The number of benzene rings is 3. The monoisotopic (exact) mass is 732 g/mol. The summed E-state index contributed by atoms with van der Waals surface area (Å²) in [4.78, 5) is 22.8. The lowest BCUT2D eigenvalue weighted by Crippen LogP contribution is -2.33. The number of nitrogens with zero attached hydrogens (tertiary/aromatic N) is 6. The lowest BCUT2D eigenvalue weighted by atomic mass is 10.0. The van der Waals surface area contributed by atoms with E-state index in [0.29, 0.717) is 57.1 Å². The maximum atomic E-state index is 5.71. The predicted molar refractivity (Wildman–Crippen MR) is 207 cm³/mol. The van der Waals surface area contributed by atoms with Crippen molar-refractivity contribution < 1.29 is 28.4 Å². The third kappa shape index (κ3) is 9.19. The van der Waals surface area contributed by atoms with Crippen LogP contribution >= 0.6 is 0 Å². The Balaban J connectivity index is 1.47. The Kier molecular flexibility index (Phi) is 12.3. The smallest absolute Gasteiger partial charge is 0.166 e. The average Bonchev–Trinajstić information content (AvgIpc) is 3.25. The third-order valence-electron chi connectivity index (χ3n) is 9.63. The fraction of sp³-hybridized carbons (Fsp3) is 0.357. The van der Waals surface area contributed by atoms with E-state index in [2.05, 4.69) is 69.7 Å². The molecule has 0 bridgehead atoms. The van der Waals surface area contributed by atoms with Crippen LogP contribution in [0.5, 0.6) is 17.2 Å². The summed E-state index contributed by atoms with van der Waals surface area (Å²) < 4.78 is 33.7. The van der Waals surface area contributed by atoms with Gasteiger partial charge in [0.1, 0.15) is 17.2 Å². The van der Waals surface area contributed by atoms with Gasteiger partial charge in [-0.2, -0.15) is 0 Å². The summed E-state index contributed by atoms with van der Waals surface area (Å²) in [5.41, 5.74) is 5.46. The summed E-state index contributed by atoms with van der Waals surface area (Å²) in [6.45, 7) is 8.42. The molecule has 0 unspecified atom stereocenters. The number of aromatic nitrogens is 3. The number of rotatable bonds is 12.